The van der Waals surface area contributed by atoms with Crippen LogP contribution >= 0.6 is 0 Å². The molecule has 0 aromatic carbocycles. The number of rotatable bonds is 24. The first-order chi connectivity index (χ1) is 18.9. The third-order valence-electron chi connectivity index (χ3n) is 8.38. The topological polar surface area (TPSA) is 101 Å². The molecular formula is C33H58O6. The second kappa shape index (κ2) is 21.9. The van der Waals surface area contributed by atoms with E-state index in [9.17, 15) is 24.6 Å². The Hall–Kier alpha value is -1.85. The fourth-order valence-corrected chi connectivity index (χ4v) is 5.87. The Balaban J connectivity index is 2.68. The van der Waals surface area contributed by atoms with Gasteiger partial charge in [-0.2, -0.15) is 0 Å². The number of carbonyl (C=O) groups excluding carboxylic acids is 1. The van der Waals surface area contributed by atoms with Crippen LogP contribution in [0.1, 0.15) is 162 Å². The van der Waals surface area contributed by atoms with Gasteiger partial charge in [0.05, 0.1) is 17.9 Å². The van der Waals surface area contributed by atoms with E-state index in [1.54, 1.807) is 0 Å². The van der Waals surface area contributed by atoms with Gasteiger partial charge in [0.25, 0.3) is 0 Å². The summed E-state index contributed by atoms with van der Waals surface area (Å²) in [6.45, 7) is 4.76. The van der Waals surface area contributed by atoms with Crippen molar-refractivity contribution in [1.29, 1.82) is 0 Å². The van der Waals surface area contributed by atoms with E-state index in [0.717, 1.165) is 38.5 Å². The highest BCUT2D eigenvalue weighted by Crippen LogP contribution is 2.44. The molecule has 2 N–H and O–H groups in total. The fraction of sp³-hybridized carbons (Fsp3) is 0.848. The van der Waals surface area contributed by atoms with Gasteiger partial charge in [0.1, 0.15) is 0 Å². The smallest absolute Gasteiger partial charge is 0.333 e. The van der Waals surface area contributed by atoms with Crippen LogP contribution in [0, 0.1) is 11.3 Å². The SMILES string of the molecule is CCCCCCCCCCCCOC(=O)C(=CC1(C(=O)O)CCCCC1C(=O)O)CCCCCCCCCC. The van der Waals surface area contributed by atoms with Crippen LogP contribution in [0.15, 0.2) is 11.6 Å². The predicted molar refractivity (Wildman–Crippen MR) is 158 cm³/mol. The van der Waals surface area contributed by atoms with Gasteiger partial charge in [-0.15, -0.1) is 0 Å². The maximum Gasteiger partial charge on any atom is 0.333 e. The predicted octanol–water partition coefficient (Wildman–Crippen LogP) is 9.25. The highest BCUT2D eigenvalue weighted by molar-refractivity contribution is 5.92. The first-order valence-electron chi connectivity index (χ1n) is 16.2. The van der Waals surface area contributed by atoms with E-state index in [4.69, 9.17) is 4.74 Å². The molecule has 1 fully saturated rings. The van der Waals surface area contributed by atoms with E-state index in [1.165, 1.54) is 83.1 Å². The molecule has 1 aliphatic rings. The van der Waals surface area contributed by atoms with E-state index < -0.39 is 29.2 Å². The Morgan fingerprint density at radius 2 is 1.21 bits per heavy atom. The minimum atomic E-state index is -1.55. The number of unbranched alkanes of at least 4 members (excludes halogenated alkanes) is 16. The molecule has 0 bridgehead atoms. The van der Waals surface area contributed by atoms with E-state index in [1.807, 2.05) is 0 Å². The van der Waals surface area contributed by atoms with Crippen molar-refractivity contribution in [2.24, 2.45) is 11.3 Å². The third kappa shape index (κ3) is 14.4. The Labute approximate surface area is 238 Å². The number of hydrogen-bond donors (Lipinski definition) is 2. The number of carboxylic acid groups (broad SMARTS) is 2. The highest BCUT2D eigenvalue weighted by Gasteiger charge is 2.50. The average Bonchev–Trinajstić information content (AvgIpc) is 2.92. The van der Waals surface area contributed by atoms with Gasteiger partial charge in [-0.25, -0.2) is 4.79 Å². The van der Waals surface area contributed by atoms with Crippen molar-refractivity contribution in [1.82, 2.24) is 0 Å². The second-order valence-electron chi connectivity index (χ2n) is 11.7. The zero-order chi connectivity index (χ0) is 28.8. The molecule has 6 heteroatoms. The molecule has 2 atom stereocenters. The minimum Gasteiger partial charge on any atom is -0.481 e. The molecule has 39 heavy (non-hydrogen) atoms. The lowest BCUT2D eigenvalue weighted by Gasteiger charge is -2.36. The molecule has 1 rings (SSSR count). The molecule has 0 radical (unpaired) electrons. The molecule has 0 amide bonds. The summed E-state index contributed by atoms with van der Waals surface area (Å²) in [6, 6.07) is 0. The van der Waals surface area contributed by atoms with Crippen molar-refractivity contribution in [2.75, 3.05) is 6.61 Å². The van der Waals surface area contributed by atoms with Gasteiger partial charge in [-0.1, -0.05) is 135 Å². The van der Waals surface area contributed by atoms with Gasteiger partial charge in [-0.05, 0) is 32.1 Å². The van der Waals surface area contributed by atoms with E-state index in [0.29, 0.717) is 37.9 Å². The van der Waals surface area contributed by atoms with E-state index in [2.05, 4.69) is 13.8 Å². The van der Waals surface area contributed by atoms with Crippen LogP contribution in [-0.2, 0) is 19.1 Å². The average molecular weight is 551 g/mol. The normalized spacial score (nSPS) is 19.6. The van der Waals surface area contributed by atoms with Crippen LogP contribution in [0.25, 0.3) is 0 Å². The van der Waals surface area contributed by atoms with Gasteiger partial charge >= 0.3 is 17.9 Å². The largest absolute Gasteiger partial charge is 0.481 e. The molecule has 0 heterocycles. The maximum atomic E-state index is 13.1. The van der Waals surface area contributed by atoms with Crippen LogP contribution in [0.4, 0.5) is 0 Å². The van der Waals surface area contributed by atoms with Crippen molar-refractivity contribution in [3.05, 3.63) is 11.6 Å². The van der Waals surface area contributed by atoms with Gasteiger partial charge < -0.3 is 14.9 Å². The van der Waals surface area contributed by atoms with Crippen molar-refractivity contribution >= 4 is 17.9 Å². The molecule has 0 aromatic rings. The zero-order valence-corrected chi connectivity index (χ0v) is 25.2. The number of carboxylic acids is 2. The second-order valence-corrected chi connectivity index (χ2v) is 11.7. The monoisotopic (exact) mass is 550 g/mol. The quantitative estimate of drug-likeness (QED) is 0.0705. The lowest BCUT2D eigenvalue weighted by atomic mass is 9.65. The molecular weight excluding hydrogens is 492 g/mol. The highest BCUT2D eigenvalue weighted by atomic mass is 16.5. The third-order valence-corrected chi connectivity index (χ3v) is 8.38. The van der Waals surface area contributed by atoms with Crippen LogP contribution < -0.4 is 0 Å². The minimum absolute atomic E-state index is 0.242. The fourth-order valence-electron chi connectivity index (χ4n) is 5.87. The number of carbonyl (C=O) groups is 3. The van der Waals surface area contributed by atoms with Gasteiger partial charge in [0.2, 0.25) is 0 Å². The maximum absolute atomic E-state index is 13.1. The Kier molecular flexibility index (Phi) is 19.8. The summed E-state index contributed by atoms with van der Waals surface area (Å²) in [5.41, 5.74) is -1.20. The molecule has 0 saturated heterocycles. The van der Waals surface area contributed by atoms with E-state index >= 15 is 0 Å². The van der Waals surface area contributed by atoms with Gasteiger partial charge in [0, 0.05) is 5.57 Å². The standard InChI is InChI=1S/C33H58O6/c1-3-5-7-9-11-13-14-16-18-22-26-39-31(36)28(23-19-17-15-12-10-8-6-4-2)27-33(32(37)38)25-21-20-24-29(33)30(34)35/h27,29H,3-26H2,1-2H3,(H,34,35)(H,37,38). The zero-order valence-electron chi connectivity index (χ0n) is 25.2. The summed E-state index contributed by atoms with van der Waals surface area (Å²) in [4.78, 5) is 37.6. The van der Waals surface area contributed by atoms with Gasteiger partial charge in [-0.3, -0.25) is 9.59 Å². The lowest BCUT2D eigenvalue weighted by molar-refractivity contribution is -0.161. The van der Waals surface area contributed by atoms with Crippen LogP contribution in [0.5, 0.6) is 0 Å². The molecule has 2 unspecified atom stereocenters. The lowest BCUT2D eigenvalue weighted by Crippen LogP contribution is -2.44. The summed E-state index contributed by atoms with van der Waals surface area (Å²) in [5, 5.41) is 20.0. The molecule has 6 nitrogen and oxygen atoms in total. The van der Waals surface area contributed by atoms with Crippen LogP contribution in [-0.4, -0.2) is 34.7 Å². The van der Waals surface area contributed by atoms with Crippen molar-refractivity contribution in [2.45, 2.75) is 162 Å². The molecule has 0 spiro atoms. The summed E-state index contributed by atoms with van der Waals surface area (Å²) < 4.78 is 5.61. The number of esters is 1. The summed E-state index contributed by atoms with van der Waals surface area (Å²) in [5.74, 6) is -3.74. The van der Waals surface area contributed by atoms with Crippen molar-refractivity contribution in [3.8, 4) is 0 Å². The summed E-state index contributed by atoms with van der Waals surface area (Å²) in [7, 11) is 0. The first-order valence-corrected chi connectivity index (χ1v) is 16.2. The molecule has 1 aliphatic carbocycles. The first kappa shape index (κ1) is 35.2. The number of ether oxygens (including phenoxy) is 1. The number of aliphatic carboxylic acids is 2. The van der Waals surface area contributed by atoms with Crippen molar-refractivity contribution < 1.29 is 29.3 Å². The van der Waals surface area contributed by atoms with Crippen molar-refractivity contribution in [3.63, 3.8) is 0 Å². The van der Waals surface area contributed by atoms with E-state index in [-0.39, 0.29) is 6.42 Å². The number of hydrogen-bond acceptors (Lipinski definition) is 4. The molecule has 0 aromatic heterocycles. The summed E-state index contributed by atoms with van der Waals surface area (Å²) in [6.07, 6.45) is 24.7. The van der Waals surface area contributed by atoms with Gasteiger partial charge in [0.15, 0.2) is 0 Å². The Bertz CT molecular complexity index is 715. The molecule has 226 valence electrons. The summed E-state index contributed by atoms with van der Waals surface area (Å²) >= 11 is 0. The molecule has 1 saturated carbocycles. The van der Waals surface area contributed by atoms with Crippen LogP contribution in [0.3, 0.4) is 0 Å². The van der Waals surface area contributed by atoms with Crippen LogP contribution in [0.2, 0.25) is 0 Å². The Morgan fingerprint density at radius 3 is 1.69 bits per heavy atom. The molecule has 0 aliphatic heterocycles. The Morgan fingerprint density at radius 1 is 0.718 bits per heavy atom.